The summed E-state index contributed by atoms with van der Waals surface area (Å²) < 4.78 is 9.21. The molecular weight excluding hydrogens is 110 g/mol. The van der Waals surface area contributed by atoms with Crippen LogP contribution < -0.4 is 5.32 Å². The molecule has 0 aromatic rings. The summed E-state index contributed by atoms with van der Waals surface area (Å²) in [5.41, 5.74) is 0. The van der Waals surface area contributed by atoms with Gasteiger partial charge in [-0.05, 0) is 0 Å². The molecule has 0 aromatic heterocycles. The fraction of sp³-hybridized carbons (Fsp3) is 0.750. The molecule has 1 unspecified atom stereocenters. The summed E-state index contributed by atoms with van der Waals surface area (Å²) in [5, 5.41) is 2.42. The van der Waals surface area contributed by atoms with E-state index in [4.69, 9.17) is 4.74 Å². The minimum atomic E-state index is -0.406. The van der Waals surface area contributed by atoms with E-state index in [0.717, 1.165) is 0 Å². The smallest absolute Gasteiger partial charge is 0.409 e. The standard InChI is InChI=1S/C4H7NO3/c1-7-3-2-8-4(6)5-3/h3H,2H2,1H3,(H,5,6). The summed E-state index contributed by atoms with van der Waals surface area (Å²) in [5.74, 6) is 0. The predicted molar refractivity (Wildman–Crippen MR) is 25.3 cm³/mol. The zero-order valence-corrected chi connectivity index (χ0v) is 4.51. The molecule has 1 rings (SSSR count). The lowest BCUT2D eigenvalue weighted by atomic mass is 10.6. The van der Waals surface area contributed by atoms with Gasteiger partial charge < -0.3 is 9.47 Å². The van der Waals surface area contributed by atoms with Gasteiger partial charge in [0.2, 0.25) is 0 Å². The van der Waals surface area contributed by atoms with E-state index < -0.39 is 6.09 Å². The Labute approximate surface area is 46.8 Å². The first-order valence-corrected chi connectivity index (χ1v) is 2.29. The zero-order chi connectivity index (χ0) is 5.98. The Morgan fingerprint density at radius 3 is 3.00 bits per heavy atom. The van der Waals surface area contributed by atoms with Crippen LogP contribution in [0.1, 0.15) is 0 Å². The molecule has 0 aromatic carbocycles. The number of carbonyl (C=O) groups excluding carboxylic acids is 1. The van der Waals surface area contributed by atoms with Gasteiger partial charge in [-0.25, -0.2) is 4.79 Å². The molecule has 1 N–H and O–H groups in total. The molecule has 0 spiro atoms. The first kappa shape index (κ1) is 5.37. The van der Waals surface area contributed by atoms with Crippen molar-refractivity contribution in [1.82, 2.24) is 5.32 Å². The first-order chi connectivity index (χ1) is 3.83. The van der Waals surface area contributed by atoms with Crippen molar-refractivity contribution in [1.29, 1.82) is 0 Å². The van der Waals surface area contributed by atoms with E-state index in [0.29, 0.717) is 6.61 Å². The van der Waals surface area contributed by atoms with Crippen LogP contribution in [0.25, 0.3) is 0 Å². The molecule has 1 aliphatic rings. The molecule has 1 fully saturated rings. The van der Waals surface area contributed by atoms with Crippen molar-refractivity contribution >= 4 is 6.09 Å². The van der Waals surface area contributed by atoms with Crippen LogP contribution >= 0.6 is 0 Å². The third kappa shape index (κ3) is 0.894. The highest BCUT2D eigenvalue weighted by atomic mass is 16.6. The number of methoxy groups -OCH3 is 1. The van der Waals surface area contributed by atoms with Crippen molar-refractivity contribution in [3.63, 3.8) is 0 Å². The summed E-state index contributed by atoms with van der Waals surface area (Å²) in [6, 6.07) is 0. The highest BCUT2D eigenvalue weighted by molar-refractivity contribution is 5.69. The number of hydrogen-bond donors (Lipinski definition) is 1. The fourth-order valence-corrected chi connectivity index (χ4v) is 0.493. The fourth-order valence-electron chi connectivity index (χ4n) is 0.493. The third-order valence-electron chi connectivity index (χ3n) is 0.929. The monoisotopic (exact) mass is 117 g/mol. The molecule has 46 valence electrons. The highest BCUT2D eigenvalue weighted by Gasteiger charge is 2.20. The number of ether oxygens (including phenoxy) is 2. The van der Waals surface area contributed by atoms with Crippen molar-refractivity contribution in [2.24, 2.45) is 0 Å². The van der Waals surface area contributed by atoms with E-state index in [2.05, 4.69) is 10.1 Å². The van der Waals surface area contributed by atoms with Crippen molar-refractivity contribution in [3.05, 3.63) is 0 Å². The van der Waals surface area contributed by atoms with Crippen molar-refractivity contribution in [2.75, 3.05) is 13.7 Å². The van der Waals surface area contributed by atoms with Gasteiger partial charge in [-0.1, -0.05) is 0 Å². The van der Waals surface area contributed by atoms with Crippen molar-refractivity contribution in [2.45, 2.75) is 6.23 Å². The second-order valence-corrected chi connectivity index (χ2v) is 1.47. The Balaban J connectivity index is 2.32. The van der Waals surface area contributed by atoms with E-state index in [1.807, 2.05) is 0 Å². The minimum Gasteiger partial charge on any atom is -0.445 e. The minimum absolute atomic E-state index is 0.248. The van der Waals surface area contributed by atoms with Crippen LogP contribution in [0.3, 0.4) is 0 Å². The Kier molecular flexibility index (Phi) is 1.34. The third-order valence-corrected chi connectivity index (χ3v) is 0.929. The maximum Gasteiger partial charge on any atom is 0.409 e. The van der Waals surface area contributed by atoms with E-state index >= 15 is 0 Å². The number of cyclic esters (lactones) is 1. The van der Waals surface area contributed by atoms with Crippen molar-refractivity contribution < 1.29 is 14.3 Å². The number of carbonyl (C=O) groups is 1. The Morgan fingerprint density at radius 2 is 2.75 bits per heavy atom. The van der Waals surface area contributed by atoms with Crippen LogP contribution in [0.4, 0.5) is 4.79 Å². The van der Waals surface area contributed by atoms with E-state index in [-0.39, 0.29) is 6.23 Å². The van der Waals surface area contributed by atoms with Crippen LogP contribution in [-0.4, -0.2) is 26.0 Å². The normalized spacial score (nSPS) is 27.1. The lowest BCUT2D eigenvalue weighted by Gasteiger charge is -2.00. The largest absolute Gasteiger partial charge is 0.445 e. The summed E-state index contributed by atoms with van der Waals surface area (Å²) in [7, 11) is 1.51. The molecular formula is C4H7NO3. The second-order valence-electron chi connectivity index (χ2n) is 1.47. The molecule has 1 saturated heterocycles. The number of amides is 1. The first-order valence-electron chi connectivity index (χ1n) is 2.29. The van der Waals surface area contributed by atoms with Crippen LogP contribution in [0.5, 0.6) is 0 Å². The summed E-state index contributed by atoms with van der Waals surface area (Å²) in [6.07, 6.45) is -0.653. The van der Waals surface area contributed by atoms with Gasteiger partial charge >= 0.3 is 6.09 Å². The molecule has 4 nitrogen and oxygen atoms in total. The molecule has 1 atom stereocenters. The molecule has 4 heteroatoms. The van der Waals surface area contributed by atoms with Crippen LogP contribution in [0.2, 0.25) is 0 Å². The summed E-state index contributed by atoms with van der Waals surface area (Å²) in [4.78, 5) is 10.2. The average molecular weight is 117 g/mol. The van der Waals surface area contributed by atoms with E-state index in [1.54, 1.807) is 0 Å². The maximum atomic E-state index is 10.2. The van der Waals surface area contributed by atoms with Gasteiger partial charge in [-0.15, -0.1) is 0 Å². The maximum absolute atomic E-state index is 10.2. The molecule has 0 bridgehead atoms. The van der Waals surface area contributed by atoms with Gasteiger partial charge in [0.05, 0.1) is 0 Å². The highest BCUT2D eigenvalue weighted by Crippen LogP contribution is 1.95. The summed E-state index contributed by atoms with van der Waals surface area (Å²) in [6.45, 7) is 0.315. The van der Waals surface area contributed by atoms with Crippen molar-refractivity contribution in [3.8, 4) is 0 Å². The molecule has 0 saturated carbocycles. The zero-order valence-electron chi connectivity index (χ0n) is 4.51. The predicted octanol–water partition coefficient (Wildman–Crippen LogP) is -0.301. The topological polar surface area (TPSA) is 47.6 Å². The Morgan fingerprint density at radius 1 is 2.00 bits per heavy atom. The van der Waals surface area contributed by atoms with Gasteiger partial charge in [0.15, 0.2) is 6.23 Å². The molecule has 1 heterocycles. The van der Waals surface area contributed by atoms with Gasteiger partial charge in [0.25, 0.3) is 0 Å². The Hall–Kier alpha value is -0.770. The number of rotatable bonds is 1. The summed E-state index contributed by atoms with van der Waals surface area (Å²) >= 11 is 0. The molecule has 1 aliphatic heterocycles. The number of hydrogen-bond acceptors (Lipinski definition) is 3. The molecule has 0 radical (unpaired) electrons. The SMILES string of the molecule is COC1COC(=O)N1. The van der Waals surface area contributed by atoms with E-state index in [9.17, 15) is 4.79 Å². The number of nitrogens with one attached hydrogen (secondary N) is 1. The van der Waals surface area contributed by atoms with Gasteiger partial charge in [-0.3, -0.25) is 5.32 Å². The lowest BCUT2D eigenvalue weighted by molar-refractivity contribution is 0.0770. The molecule has 0 aliphatic carbocycles. The number of alkyl carbamates (subject to hydrolysis) is 1. The Bertz CT molecular complexity index is 103. The molecule has 8 heavy (non-hydrogen) atoms. The van der Waals surface area contributed by atoms with Gasteiger partial charge in [0.1, 0.15) is 6.61 Å². The van der Waals surface area contributed by atoms with Crippen LogP contribution in [0.15, 0.2) is 0 Å². The second kappa shape index (κ2) is 2.00. The molecule has 1 amide bonds. The lowest BCUT2D eigenvalue weighted by Crippen LogP contribution is -2.27. The van der Waals surface area contributed by atoms with Crippen LogP contribution in [0, 0.1) is 0 Å². The van der Waals surface area contributed by atoms with Crippen LogP contribution in [-0.2, 0) is 9.47 Å². The van der Waals surface area contributed by atoms with Gasteiger partial charge in [-0.2, -0.15) is 0 Å². The average Bonchev–Trinajstić information content (AvgIpc) is 2.14. The quantitative estimate of drug-likeness (QED) is 0.513. The van der Waals surface area contributed by atoms with Gasteiger partial charge in [0, 0.05) is 7.11 Å². The van der Waals surface area contributed by atoms with E-state index in [1.165, 1.54) is 7.11 Å².